The number of hydrogen-bond acceptors (Lipinski definition) is 9. The summed E-state index contributed by atoms with van der Waals surface area (Å²) in [6, 6.07) is 8.51. The Balaban J connectivity index is 1.31. The first-order valence-electron chi connectivity index (χ1n) is 14.9. The maximum absolute atomic E-state index is 16.7. The van der Waals surface area contributed by atoms with Crippen LogP contribution in [0.15, 0.2) is 36.4 Å². The molecule has 15 heteroatoms. The van der Waals surface area contributed by atoms with Crippen LogP contribution in [0.5, 0.6) is 23.0 Å². The maximum Gasteiger partial charge on any atom is 0.586 e. The average molecular weight is 685 g/mol. The number of ether oxygens (including phenoxy) is 4. The van der Waals surface area contributed by atoms with Crippen molar-refractivity contribution < 1.29 is 46.8 Å². The van der Waals surface area contributed by atoms with E-state index in [-0.39, 0.29) is 46.2 Å². The molecule has 3 aliphatic rings. The molecule has 2 amide bonds. The van der Waals surface area contributed by atoms with Gasteiger partial charge in [0.05, 0.1) is 29.9 Å². The van der Waals surface area contributed by atoms with Gasteiger partial charge >= 0.3 is 6.29 Å². The first-order valence-corrected chi connectivity index (χ1v) is 15.3. The standard InChI is InChI=1S/C33H28ClF3N4O7/c1-14-19(34)9-16-8-17(11-22(45-3)25(16)40-14)29(42)39-12-32(44,18-5-6-18)28-24(35)23-27(46-13-31(23,2)30(38)43)26(41-28)15-4-7-20-21(10-15)48-33(36,37)47-20/h4,7-11,18,44H,5-6,12-13H2,1-3H3,(H2,38,43)(H,39,42)/t31-,32?/m0/s1. The Morgan fingerprint density at radius 3 is 2.58 bits per heavy atom. The highest BCUT2D eigenvalue weighted by Gasteiger charge is 2.53. The van der Waals surface area contributed by atoms with Crippen molar-refractivity contribution in [2.45, 2.75) is 44.0 Å². The fraction of sp³-hybridized carbons (Fsp3) is 0.333. The second-order valence-corrected chi connectivity index (χ2v) is 12.7. The van der Waals surface area contributed by atoms with E-state index in [1.165, 1.54) is 38.3 Å². The van der Waals surface area contributed by atoms with Gasteiger partial charge in [-0.25, -0.2) is 14.4 Å². The van der Waals surface area contributed by atoms with E-state index in [0.29, 0.717) is 40.2 Å². The van der Waals surface area contributed by atoms with Crippen LogP contribution in [0.1, 0.15) is 47.1 Å². The van der Waals surface area contributed by atoms with E-state index < -0.39 is 53.1 Å². The predicted molar refractivity (Wildman–Crippen MR) is 165 cm³/mol. The molecule has 1 fully saturated rings. The van der Waals surface area contributed by atoms with Crippen LogP contribution in [0, 0.1) is 18.7 Å². The second kappa shape index (κ2) is 10.9. The third-order valence-electron chi connectivity index (χ3n) is 9.04. The number of alkyl halides is 2. The summed E-state index contributed by atoms with van der Waals surface area (Å²) >= 11 is 6.27. The lowest BCUT2D eigenvalue weighted by molar-refractivity contribution is -0.286. The van der Waals surface area contributed by atoms with E-state index >= 15 is 4.39 Å². The molecule has 0 bridgehead atoms. The van der Waals surface area contributed by atoms with E-state index in [1.807, 2.05) is 0 Å². The lowest BCUT2D eigenvalue weighted by Crippen LogP contribution is -2.45. The molecule has 2 aromatic heterocycles. The average Bonchev–Trinajstić information content (AvgIpc) is 3.77. The zero-order chi connectivity index (χ0) is 34.3. The van der Waals surface area contributed by atoms with E-state index in [9.17, 15) is 23.5 Å². The number of nitrogens with one attached hydrogen (secondary N) is 1. The molecule has 48 heavy (non-hydrogen) atoms. The summed E-state index contributed by atoms with van der Waals surface area (Å²) in [6.45, 7) is 2.32. The van der Waals surface area contributed by atoms with Gasteiger partial charge in [-0.15, -0.1) is 8.78 Å². The summed E-state index contributed by atoms with van der Waals surface area (Å²) < 4.78 is 64.7. The summed E-state index contributed by atoms with van der Waals surface area (Å²) in [5.74, 6) is -3.44. The minimum Gasteiger partial charge on any atom is -0.494 e. The van der Waals surface area contributed by atoms with Crippen molar-refractivity contribution in [3.8, 4) is 34.3 Å². The Bertz CT molecular complexity index is 2060. The van der Waals surface area contributed by atoms with Gasteiger partial charge in [-0.05, 0) is 69.0 Å². The topological polar surface area (TPSA) is 155 Å². The lowest BCUT2D eigenvalue weighted by Gasteiger charge is -2.30. The third-order valence-corrected chi connectivity index (χ3v) is 9.43. The van der Waals surface area contributed by atoms with E-state index in [1.54, 1.807) is 19.1 Å². The number of hydrogen-bond donors (Lipinski definition) is 3. The van der Waals surface area contributed by atoms with E-state index in [0.717, 1.165) is 0 Å². The Labute approximate surface area is 276 Å². The number of aryl methyl sites for hydroxylation is 1. The Hall–Kier alpha value is -4.82. The zero-order valence-corrected chi connectivity index (χ0v) is 26.5. The Kier molecular flexibility index (Phi) is 7.18. The van der Waals surface area contributed by atoms with E-state index in [2.05, 4.69) is 24.8 Å². The monoisotopic (exact) mass is 684 g/mol. The Morgan fingerprint density at radius 2 is 1.90 bits per heavy atom. The smallest absolute Gasteiger partial charge is 0.494 e. The van der Waals surface area contributed by atoms with Crippen molar-refractivity contribution in [3.05, 3.63) is 69.8 Å². The van der Waals surface area contributed by atoms with Gasteiger partial charge in [0.1, 0.15) is 40.3 Å². The number of fused-ring (bicyclic) bond motifs is 3. The van der Waals surface area contributed by atoms with Crippen LogP contribution in [-0.2, 0) is 15.8 Å². The van der Waals surface area contributed by atoms with Crippen molar-refractivity contribution in [2.75, 3.05) is 20.3 Å². The first-order chi connectivity index (χ1) is 22.6. The zero-order valence-electron chi connectivity index (χ0n) is 25.8. The van der Waals surface area contributed by atoms with Crippen LogP contribution < -0.4 is 30.0 Å². The predicted octanol–water partition coefficient (Wildman–Crippen LogP) is 4.89. The molecule has 1 saturated carbocycles. The van der Waals surface area contributed by atoms with Crippen LogP contribution in [-0.4, -0.2) is 53.4 Å². The van der Waals surface area contributed by atoms with Crippen molar-refractivity contribution in [1.29, 1.82) is 0 Å². The number of nitrogens with two attached hydrogens (primary N) is 1. The highest BCUT2D eigenvalue weighted by atomic mass is 35.5. The fourth-order valence-corrected chi connectivity index (χ4v) is 6.31. The van der Waals surface area contributed by atoms with Crippen LogP contribution in [0.3, 0.4) is 0 Å². The molecule has 250 valence electrons. The fourth-order valence-electron chi connectivity index (χ4n) is 6.15. The van der Waals surface area contributed by atoms with Crippen molar-refractivity contribution in [3.63, 3.8) is 0 Å². The number of carbonyl (C=O) groups is 2. The molecule has 0 saturated heterocycles. The van der Waals surface area contributed by atoms with Gasteiger partial charge in [0, 0.05) is 16.5 Å². The minimum absolute atomic E-state index is 0.0580. The SMILES string of the molecule is COc1cc(C(=O)NCC(O)(c2nc(-c3ccc4c(c3)OC(F)(F)O4)c3c(c2F)[C@@](C)(C(N)=O)CO3)C2CC2)cc2cc(Cl)c(C)nc12. The number of benzene rings is 2. The van der Waals surface area contributed by atoms with Gasteiger partial charge in [-0.3, -0.25) is 9.59 Å². The summed E-state index contributed by atoms with van der Waals surface area (Å²) in [5, 5.41) is 15.8. The van der Waals surface area contributed by atoms with Crippen molar-refractivity contribution in [1.82, 2.24) is 15.3 Å². The maximum atomic E-state index is 16.7. The molecule has 2 atom stereocenters. The number of halogens is 4. The molecule has 4 aromatic rings. The van der Waals surface area contributed by atoms with Crippen LogP contribution in [0.25, 0.3) is 22.2 Å². The summed E-state index contributed by atoms with van der Waals surface area (Å²) in [7, 11) is 1.43. The number of rotatable bonds is 8. The number of nitrogens with zero attached hydrogens (tertiary/aromatic N) is 2. The number of carbonyl (C=O) groups excluding carboxylic acids is 2. The number of amides is 2. The first kappa shape index (κ1) is 31.8. The molecule has 2 aliphatic heterocycles. The van der Waals surface area contributed by atoms with Crippen LogP contribution in [0.4, 0.5) is 13.2 Å². The van der Waals surface area contributed by atoms with Gasteiger partial charge in [-0.1, -0.05) is 11.6 Å². The minimum atomic E-state index is -3.90. The number of methoxy groups -OCH3 is 1. The number of aliphatic hydroxyl groups is 1. The van der Waals surface area contributed by atoms with Crippen LogP contribution >= 0.6 is 11.6 Å². The normalized spacial score (nSPS) is 20.2. The van der Waals surface area contributed by atoms with Gasteiger partial charge in [-0.2, -0.15) is 0 Å². The highest BCUT2D eigenvalue weighted by molar-refractivity contribution is 6.31. The van der Waals surface area contributed by atoms with Gasteiger partial charge < -0.3 is 35.1 Å². The van der Waals surface area contributed by atoms with Gasteiger partial charge in [0.2, 0.25) is 5.91 Å². The molecule has 4 heterocycles. The molecule has 4 N–H and O–H groups in total. The molecular formula is C33H28ClF3N4O7. The lowest BCUT2D eigenvalue weighted by atomic mass is 9.80. The summed E-state index contributed by atoms with van der Waals surface area (Å²) in [4.78, 5) is 35.1. The summed E-state index contributed by atoms with van der Waals surface area (Å²) in [6.07, 6.45) is -2.93. The van der Waals surface area contributed by atoms with E-state index in [4.69, 9.17) is 26.8 Å². The molecule has 0 spiro atoms. The molecule has 0 radical (unpaired) electrons. The van der Waals surface area contributed by atoms with Crippen molar-refractivity contribution >= 4 is 34.3 Å². The second-order valence-electron chi connectivity index (χ2n) is 12.3. The molecule has 1 unspecified atom stereocenters. The molecule has 2 aromatic carbocycles. The van der Waals surface area contributed by atoms with Crippen molar-refractivity contribution in [2.24, 2.45) is 11.7 Å². The van der Waals surface area contributed by atoms with Gasteiger partial charge in [0.25, 0.3) is 5.91 Å². The highest BCUT2D eigenvalue weighted by Crippen LogP contribution is 2.52. The molecular weight excluding hydrogens is 657 g/mol. The summed E-state index contributed by atoms with van der Waals surface area (Å²) in [5.41, 5.74) is 2.58. The Morgan fingerprint density at radius 1 is 1.17 bits per heavy atom. The quantitative estimate of drug-likeness (QED) is 0.235. The largest absolute Gasteiger partial charge is 0.586 e. The number of pyridine rings is 2. The number of aromatic nitrogens is 2. The molecule has 11 nitrogen and oxygen atoms in total. The van der Waals surface area contributed by atoms with Gasteiger partial charge in [0.15, 0.2) is 23.1 Å². The van der Waals surface area contributed by atoms with Crippen LogP contribution in [0.2, 0.25) is 5.02 Å². The number of primary amides is 1. The third kappa shape index (κ3) is 5.01. The molecule has 7 rings (SSSR count). The molecule has 1 aliphatic carbocycles.